The van der Waals surface area contributed by atoms with Crippen molar-refractivity contribution in [2.24, 2.45) is 0 Å². The Morgan fingerprint density at radius 1 is 1.12 bits per heavy atom. The lowest BCUT2D eigenvalue weighted by Crippen LogP contribution is -2.46. The average Bonchev–Trinajstić information content (AvgIpc) is 3.08. The predicted octanol–water partition coefficient (Wildman–Crippen LogP) is 2.19. The second kappa shape index (κ2) is 7.01. The van der Waals surface area contributed by atoms with Crippen LogP contribution in [-0.4, -0.2) is 36.1 Å². The quantitative estimate of drug-likeness (QED) is 0.736. The van der Waals surface area contributed by atoms with Gasteiger partial charge in [-0.25, -0.2) is 4.98 Å². The summed E-state index contributed by atoms with van der Waals surface area (Å²) in [5, 5.41) is 5.74. The van der Waals surface area contributed by atoms with E-state index in [1.807, 2.05) is 30.3 Å². The van der Waals surface area contributed by atoms with E-state index in [2.05, 4.69) is 15.6 Å². The number of hydrogen-bond donors (Lipinski definition) is 2. The van der Waals surface area contributed by atoms with Crippen LogP contribution in [0.15, 0.2) is 48.5 Å². The van der Waals surface area contributed by atoms with Crippen molar-refractivity contribution in [2.75, 3.05) is 18.5 Å². The van der Waals surface area contributed by atoms with E-state index in [0.717, 1.165) is 10.2 Å². The molecule has 0 aliphatic carbocycles. The van der Waals surface area contributed by atoms with E-state index in [4.69, 9.17) is 9.47 Å². The van der Waals surface area contributed by atoms with E-state index in [1.165, 1.54) is 11.3 Å². The van der Waals surface area contributed by atoms with Gasteiger partial charge >= 0.3 is 0 Å². The van der Waals surface area contributed by atoms with Gasteiger partial charge < -0.3 is 20.1 Å². The third-order valence-corrected chi connectivity index (χ3v) is 4.72. The van der Waals surface area contributed by atoms with Crippen LogP contribution in [0.2, 0.25) is 0 Å². The van der Waals surface area contributed by atoms with Crippen LogP contribution < -0.4 is 20.1 Å². The van der Waals surface area contributed by atoms with Crippen LogP contribution >= 0.6 is 11.3 Å². The SMILES string of the molecule is O=C(CNC(=O)C1COc2ccccc2O1)Nc1nc2ccccc2s1. The van der Waals surface area contributed by atoms with E-state index >= 15 is 0 Å². The van der Waals surface area contributed by atoms with E-state index in [1.54, 1.807) is 18.2 Å². The molecule has 7 nitrogen and oxygen atoms in total. The molecule has 4 rings (SSSR count). The molecule has 3 aromatic rings. The second-order valence-electron chi connectivity index (χ2n) is 5.62. The molecule has 2 heterocycles. The number of amides is 2. The van der Waals surface area contributed by atoms with Crippen LogP contribution in [0.4, 0.5) is 5.13 Å². The number of anilines is 1. The van der Waals surface area contributed by atoms with Crippen LogP contribution in [-0.2, 0) is 9.59 Å². The Kier molecular flexibility index (Phi) is 4.40. The lowest BCUT2D eigenvalue weighted by atomic mass is 10.2. The number of carbonyl (C=O) groups is 2. The molecule has 2 N–H and O–H groups in total. The second-order valence-corrected chi connectivity index (χ2v) is 6.65. The van der Waals surface area contributed by atoms with Crippen molar-refractivity contribution in [3.63, 3.8) is 0 Å². The van der Waals surface area contributed by atoms with E-state index < -0.39 is 12.0 Å². The molecule has 0 fully saturated rings. The van der Waals surface area contributed by atoms with Crippen LogP contribution in [0.25, 0.3) is 10.2 Å². The van der Waals surface area contributed by atoms with Gasteiger partial charge in [-0.2, -0.15) is 0 Å². The smallest absolute Gasteiger partial charge is 0.265 e. The van der Waals surface area contributed by atoms with Crippen molar-refractivity contribution in [3.8, 4) is 11.5 Å². The molecule has 1 aliphatic heterocycles. The van der Waals surface area contributed by atoms with Gasteiger partial charge in [0, 0.05) is 0 Å². The summed E-state index contributed by atoms with van der Waals surface area (Å²) in [7, 11) is 0. The summed E-state index contributed by atoms with van der Waals surface area (Å²) < 4.78 is 12.1. The highest BCUT2D eigenvalue weighted by Crippen LogP contribution is 2.30. The zero-order valence-corrected chi connectivity index (χ0v) is 14.4. The molecule has 132 valence electrons. The van der Waals surface area contributed by atoms with Crippen molar-refractivity contribution in [2.45, 2.75) is 6.10 Å². The summed E-state index contributed by atoms with van der Waals surface area (Å²) in [6, 6.07) is 14.7. The van der Waals surface area contributed by atoms with Crippen molar-refractivity contribution >= 4 is 38.5 Å². The highest BCUT2D eigenvalue weighted by Gasteiger charge is 2.27. The maximum atomic E-state index is 12.2. The van der Waals surface area contributed by atoms with Gasteiger partial charge in [0.2, 0.25) is 12.0 Å². The lowest BCUT2D eigenvalue weighted by molar-refractivity contribution is -0.131. The van der Waals surface area contributed by atoms with Crippen molar-refractivity contribution in [3.05, 3.63) is 48.5 Å². The van der Waals surface area contributed by atoms with E-state index in [0.29, 0.717) is 16.6 Å². The summed E-state index contributed by atoms with van der Waals surface area (Å²) >= 11 is 1.38. The van der Waals surface area contributed by atoms with Gasteiger partial charge in [0.15, 0.2) is 16.6 Å². The standard InChI is InChI=1S/C18H15N3O4S/c22-16(21-18-20-11-5-1-4-8-15(11)26-18)9-19-17(23)14-10-24-12-6-2-3-7-13(12)25-14/h1-8,14H,9-10H2,(H,19,23)(H,20,21,22). The summed E-state index contributed by atoms with van der Waals surface area (Å²) in [5.41, 5.74) is 0.822. The Hall–Kier alpha value is -3.13. The molecule has 1 aromatic heterocycles. The third-order valence-electron chi connectivity index (χ3n) is 3.76. The van der Waals surface area contributed by atoms with Gasteiger partial charge in [-0.3, -0.25) is 9.59 Å². The Bertz CT molecular complexity index is 939. The number of nitrogens with one attached hydrogen (secondary N) is 2. The molecule has 0 radical (unpaired) electrons. The van der Waals surface area contributed by atoms with Crippen LogP contribution in [0.1, 0.15) is 0 Å². The van der Waals surface area contributed by atoms with Crippen LogP contribution in [0.5, 0.6) is 11.5 Å². The highest BCUT2D eigenvalue weighted by atomic mass is 32.1. The van der Waals surface area contributed by atoms with Crippen molar-refractivity contribution < 1.29 is 19.1 Å². The number of nitrogens with zero attached hydrogens (tertiary/aromatic N) is 1. The Morgan fingerprint density at radius 2 is 1.88 bits per heavy atom. The molecular weight excluding hydrogens is 354 g/mol. The molecule has 1 aliphatic rings. The van der Waals surface area contributed by atoms with Gasteiger partial charge in [-0.15, -0.1) is 0 Å². The first-order valence-corrected chi connectivity index (χ1v) is 8.82. The third kappa shape index (κ3) is 3.45. The maximum Gasteiger partial charge on any atom is 0.265 e. The zero-order valence-electron chi connectivity index (χ0n) is 13.6. The molecule has 0 saturated heterocycles. The summed E-state index contributed by atoms with van der Waals surface area (Å²) in [5.74, 6) is 0.358. The molecule has 2 amide bonds. The highest BCUT2D eigenvalue weighted by molar-refractivity contribution is 7.22. The molecule has 2 aromatic carbocycles. The minimum absolute atomic E-state index is 0.0995. The first-order chi connectivity index (χ1) is 12.7. The minimum atomic E-state index is -0.792. The molecule has 1 atom stereocenters. The average molecular weight is 369 g/mol. The number of ether oxygens (including phenoxy) is 2. The number of benzene rings is 2. The number of rotatable bonds is 4. The molecule has 26 heavy (non-hydrogen) atoms. The number of para-hydroxylation sites is 3. The molecule has 0 spiro atoms. The van der Waals surface area contributed by atoms with Gasteiger partial charge in [0.05, 0.1) is 16.8 Å². The first-order valence-electron chi connectivity index (χ1n) is 8.01. The molecular formula is C18H15N3O4S. The van der Waals surface area contributed by atoms with Gasteiger partial charge in [0.1, 0.15) is 6.61 Å². The van der Waals surface area contributed by atoms with Gasteiger partial charge in [0.25, 0.3) is 5.91 Å². The summed E-state index contributed by atoms with van der Waals surface area (Å²) in [4.78, 5) is 28.6. The van der Waals surface area contributed by atoms with E-state index in [-0.39, 0.29) is 19.1 Å². The van der Waals surface area contributed by atoms with Crippen LogP contribution in [0, 0.1) is 0 Å². The monoisotopic (exact) mass is 369 g/mol. The number of carbonyl (C=O) groups excluding carboxylic acids is 2. The fraction of sp³-hybridized carbons (Fsp3) is 0.167. The van der Waals surface area contributed by atoms with Gasteiger partial charge in [-0.05, 0) is 24.3 Å². The van der Waals surface area contributed by atoms with Crippen LogP contribution in [0.3, 0.4) is 0 Å². The largest absolute Gasteiger partial charge is 0.485 e. The summed E-state index contributed by atoms with van der Waals surface area (Å²) in [6.07, 6.45) is -0.792. The minimum Gasteiger partial charge on any atom is -0.485 e. The molecule has 1 unspecified atom stereocenters. The van der Waals surface area contributed by atoms with E-state index in [9.17, 15) is 9.59 Å². The van der Waals surface area contributed by atoms with Crippen molar-refractivity contribution in [1.82, 2.24) is 10.3 Å². The fourth-order valence-electron chi connectivity index (χ4n) is 2.52. The number of aromatic nitrogens is 1. The predicted molar refractivity (Wildman–Crippen MR) is 97.6 cm³/mol. The number of fused-ring (bicyclic) bond motifs is 2. The maximum absolute atomic E-state index is 12.2. The summed E-state index contributed by atoms with van der Waals surface area (Å²) in [6.45, 7) is -0.0708. The Labute approximate surface area is 152 Å². The lowest BCUT2D eigenvalue weighted by Gasteiger charge is -2.25. The topological polar surface area (TPSA) is 89.6 Å². The zero-order chi connectivity index (χ0) is 17.9. The molecule has 0 bridgehead atoms. The Morgan fingerprint density at radius 3 is 2.73 bits per heavy atom. The fourth-order valence-corrected chi connectivity index (χ4v) is 3.40. The van der Waals surface area contributed by atoms with Gasteiger partial charge in [-0.1, -0.05) is 35.6 Å². The normalized spacial score (nSPS) is 15.5. The molecule has 8 heteroatoms. The number of thiazole rings is 1. The first kappa shape index (κ1) is 16.3. The van der Waals surface area contributed by atoms with Crippen molar-refractivity contribution in [1.29, 1.82) is 0 Å². The Balaban J connectivity index is 1.31. The number of hydrogen-bond acceptors (Lipinski definition) is 6. The molecule has 0 saturated carbocycles.